The number of nitrogens with two attached hydrogens (primary N) is 1. The van der Waals surface area contributed by atoms with Gasteiger partial charge in [-0.25, -0.2) is 0 Å². The van der Waals surface area contributed by atoms with E-state index in [-0.39, 0.29) is 35.5 Å². The van der Waals surface area contributed by atoms with Gasteiger partial charge in [0.25, 0.3) is 0 Å². The van der Waals surface area contributed by atoms with Gasteiger partial charge in [-0.05, 0) is 29.4 Å². The van der Waals surface area contributed by atoms with Crippen molar-refractivity contribution in [1.29, 1.82) is 0 Å². The molecule has 1 saturated heterocycles. The van der Waals surface area contributed by atoms with Gasteiger partial charge in [-0.15, -0.1) is 0 Å². The lowest BCUT2D eigenvalue weighted by Crippen LogP contribution is -2.28. The maximum absolute atomic E-state index is 12.3. The van der Waals surface area contributed by atoms with Crippen LogP contribution in [0.3, 0.4) is 0 Å². The maximum Gasteiger partial charge on any atom is 0.391 e. The summed E-state index contributed by atoms with van der Waals surface area (Å²) in [5.41, 5.74) is 6.73. The first-order valence-electron chi connectivity index (χ1n) is 11.2. The molecule has 0 spiro atoms. The summed E-state index contributed by atoms with van der Waals surface area (Å²) in [4.78, 5) is 21.0. The van der Waals surface area contributed by atoms with E-state index in [1.54, 1.807) is 4.90 Å². The van der Waals surface area contributed by atoms with Gasteiger partial charge in [0.1, 0.15) is 0 Å². The highest BCUT2D eigenvalue weighted by atomic mass is 19.4. The first kappa shape index (κ1) is 23.3. The number of aromatic nitrogens is 5. The van der Waals surface area contributed by atoms with Gasteiger partial charge in [0.15, 0.2) is 0 Å². The molecule has 1 aromatic carbocycles. The second kappa shape index (κ2) is 8.63. The van der Waals surface area contributed by atoms with Crippen LogP contribution in [-0.2, 0) is 4.74 Å². The molecule has 2 aliphatic rings. The molecule has 5 rings (SSSR count). The van der Waals surface area contributed by atoms with E-state index in [0.29, 0.717) is 37.6 Å². The summed E-state index contributed by atoms with van der Waals surface area (Å²) in [7, 11) is 1.82. The number of anilines is 4. The highest BCUT2D eigenvalue weighted by Gasteiger charge is 2.66. The van der Waals surface area contributed by atoms with Crippen LogP contribution in [0.5, 0.6) is 0 Å². The van der Waals surface area contributed by atoms with E-state index in [0.717, 1.165) is 5.69 Å². The Labute approximate surface area is 199 Å². The van der Waals surface area contributed by atoms with Gasteiger partial charge in [0, 0.05) is 25.8 Å². The topological polar surface area (TPSA) is 119 Å². The third-order valence-corrected chi connectivity index (χ3v) is 6.82. The summed E-state index contributed by atoms with van der Waals surface area (Å²) < 4.78 is 47.6. The molecule has 0 radical (unpaired) electrons. The highest BCUT2D eigenvalue weighted by molar-refractivity contribution is 5.59. The summed E-state index contributed by atoms with van der Waals surface area (Å²) in [6.45, 7) is 3.42. The Morgan fingerprint density at radius 2 is 1.94 bits per heavy atom. The number of benzene rings is 1. The molecule has 10 nitrogen and oxygen atoms in total. The first-order chi connectivity index (χ1) is 16.6. The van der Waals surface area contributed by atoms with E-state index in [9.17, 15) is 13.2 Å². The normalized spacial score (nSPS) is 23.4. The Hall–Kier alpha value is -3.48. The van der Waals surface area contributed by atoms with Gasteiger partial charge in [0.05, 0.1) is 19.6 Å². The number of rotatable bonds is 8. The lowest BCUT2D eigenvalue weighted by atomic mass is 10.1. The van der Waals surface area contributed by atoms with Crippen molar-refractivity contribution in [3.63, 3.8) is 0 Å². The van der Waals surface area contributed by atoms with Crippen molar-refractivity contribution in [3.8, 4) is 11.6 Å². The molecule has 0 bridgehead atoms. The fraction of sp³-hybridized carbons (Fsp3) is 0.500. The first-order valence-corrected chi connectivity index (χ1v) is 11.2. The number of piperidine rings is 1. The highest BCUT2D eigenvalue weighted by Crippen LogP contribution is 2.63. The summed E-state index contributed by atoms with van der Waals surface area (Å²) in [6, 6.07) is 9.89. The fourth-order valence-electron chi connectivity index (χ4n) is 4.73. The minimum absolute atomic E-state index is 0.0300. The second-order valence-corrected chi connectivity index (χ2v) is 9.15. The van der Waals surface area contributed by atoms with Crippen LogP contribution >= 0.6 is 0 Å². The van der Waals surface area contributed by atoms with E-state index in [2.05, 4.69) is 32.0 Å². The van der Waals surface area contributed by atoms with Crippen molar-refractivity contribution in [2.24, 2.45) is 17.3 Å². The molecular formula is C22H25F3N8O2. The number of nitrogen functional groups attached to an aromatic ring is 1. The van der Waals surface area contributed by atoms with Gasteiger partial charge < -0.3 is 24.8 Å². The number of hydrogen-bond donors (Lipinski definition) is 1. The molecule has 2 N–H and O–H groups in total. The van der Waals surface area contributed by atoms with E-state index in [1.807, 2.05) is 42.3 Å². The lowest BCUT2D eigenvalue weighted by Gasteiger charge is -2.19. The molecule has 2 aromatic heterocycles. The third kappa shape index (κ3) is 4.72. The fourth-order valence-corrected chi connectivity index (χ4v) is 4.73. The minimum atomic E-state index is -4.20. The third-order valence-electron chi connectivity index (χ3n) is 6.82. The Balaban J connectivity index is 1.23. The van der Waals surface area contributed by atoms with Crippen molar-refractivity contribution in [2.45, 2.75) is 19.5 Å². The van der Waals surface area contributed by atoms with Crippen LogP contribution in [0.15, 0.2) is 34.9 Å². The van der Waals surface area contributed by atoms with Crippen molar-refractivity contribution in [2.75, 3.05) is 48.9 Å². The summed E-state index contributed by atoms with van der Waals surface area (Å²) in [6.07, 6.45) is -5.13. The molecule has 1 saturated carbocycles. The average Bonchev–Trinajstić information content (AvgIpc) is 3.19. The molecule has 0 unspecified atom stereocenters. The number of fused-ring (bicyclic) bond motifs is 1. The number of hydrogen-bond acceptors (Lipinski definition) is 10. The maximum atomic E-state index is 12.3. The molecule has 2 fully saturated rings. The van der Waals surface area contributed by atoms with Crippen LogP contribution in [0, 0.1) is 17.3 Å². The molecular weight excluding hydrogens is 465 g/mol. The Morgan fingerprint density at radius 3 is 2.63 bits per heavy atom. The van der Waals surface area contributed by atoms with Gasteiger partial charge in [-0.1, -0.05) is 30.3 Å². The number of halogens is 3. The molecule has 1 aliphatic heterocycles. The van der Waals surface area contributed by atoms with E-state index >= 15 is 0 Å². The summed E-state index contributed by atoms with van der Waals surface area (Å²) in [5.74, 6) is 1.26. The largest absolute Gasteiger partial charge is 0.391 e. The predicted octanol–water partition coefficient (Wildman–Crippen LogP) is 3.31. The number of para-hydroxylation sites is 1. The standard InChI is InChI=1S/C22H25F3N8O2/c1-21-12-33(10-14(21)15(21)11-34-9-8-22(23,24)25)20-29-17(31-35-20)16-27-18(26)30-19(28-16)32(2)13-6-4-3-5-7-13/h3-7,14-15H,8-12H2,1-2H3,(H2,26,27,28,30)/t14-,15-,21-/m1/s1. The predicted molar refractivity (Wildman–Crippen MR) is 121 cm³/mol. The SMILES string of the molecule is CN(c1ccccc1)c1nc(N)nc(-c2noc(N3C[C@@H]4[C@@H](COCCC(F)(F)F)[C@]4(C)C3)n2)n1. The van der Waals surface area contributed by atoms with Crippen molar-refractivity contribution in [3.05, 3.63) is 30.3 Å². The summed E-state index contributed by atoms with van der Waals surface area (Å²) in [5, 5.41) is 4.02. The zero-order chi connectivity index (χ0) is 24.8. The van der Waals surface area contributed by atoms with Crippen LogP contribution in [0.4, 0.5) is 36.8 Å². The Bertz CT molecular complexity index is 1190. The van der Waals surface area contributed by atoms with Gasteiger partial charge in [-0.3, -0.25) is 0 Å². The Kier molecular flexibility index (Phi) is 5.74. The van der Waals surface area contributed by atoms with Crippen LogP contribution in [0.1, 0.15) is 13.3 Å². The monoisotopic (exact) mass is 490 g/mol. The molecule has 3 aromatic rings. The van der Waals surface area contributed by atoms with Gasteiger partial charge >= 0.3 is 12.2 Å². The molecule has 3 atom stereocenters. The molecule has 186 valence electrons. The van der Waals surface area contributed by atoms with E-state index < -0.39 is 12.6 Å². The van der Waals surface area contributed by atoms with E-state index in [4.69, 9.17) is 15.0 Å². The van der Waals surface area contributed by atoms with Crippen molar-refractivity contribution < 1.29 is 22.4 Å². The molecule has 13 heteroatoms. The van der Waals surface area contributed by atoms with Crippen LogP contribution in [-0.4, -0.2) is 64.6 Å². The Morgan fingerprint density at radius 1 is 1.17 bits per heavy atom. The molecule has 0 amide bonds. The lowest BCUT2D eigenvalue weighted by molar-refractivity contribution is -0.145. The number of nitrogens with zero attached hydrogens (tertiary/aromatic N) is 7. The van der Waals surface area contributed by atoms with Crippen LogP contribution in [0.2, 0.25) is 0 Å². The van der Waals surface area contributed by atoms with Crippen molar-refractivity contribution >= 4 is 23.6 Å². The van der Waals surface area contributed by atoms with Crippen LogP contribution in [0.25, 0.3) is 11.6 Å². The minimum Gasteiger partial charge on any atom is -0.381 e. The number of alkyl halides is 3. The van der Waals surface area contributed by atoms with Crippen LogP contribution < -0.4 is 15.5 Å². The molecule has 35 heavy (non-hydrogen) atoms. The van der Waals surface area contributed by atoms with Gasteiger partial charge in [0.2, 0.25) is 23.5 Å². The zero-order valence-electron chi connectivity index (χ0n) is 19.2. The van der Waals surface area contributed by atoms with Crippen molar-refractivity contribution in [1.82, 2.24) is 25.1 Å². The number of ether oxygens (including phenoxy) is 1. The molecule has 1 aliphatic carbocycles. The quantitative estimate of drug-likeness (QED) is 0.471. The average molecular weight is 490 g/mol. The van der Waals surface area contributed by atoms with E-state index in [1.165, 1.54) is 0 Å². The van der Waals surface area contributed by atoms with Gasteiger partial charge in [-0.2, -0.15) is 33.1 Å². The smallest absolute Gasteiger partial charge is 0.381 e. The summed E-state index contributed by atoms with van der Waals surface area (Å²) >= 11 is 0. The second-order valence-electron chi connectivity index (χ2n) is 9.15. The zero-order valence-corrected chi connectivity index (χ0v) is 19.2. The molecule has 3 heterocycles.